The van der Waals surface area contributed by atoms with Gasteiger partial charge in [0.2, 0.25) is 0 Å². The van der Waals surface area contributed by atoms with Gasteiger partial charge in [-0.2, -0.15) is 0 Å². The van der Waals surface area contributed by atoms with Crippen LogP contribution in [0.25, 0.3) is 0 Å². The lowest BCUT2D eigenvalue weighted by molar-refractivity contribution is -0.122. The Labute approximate surface area is 131 Å². The van der Waals surface area contributed by atoms with Gasteiger partial charge in [0.1, 0.15) is 11.5 Å². The summed E-state index contributed by atoms with van der Waals surface area (Å²) in [6.45, 7) is 3.88. The summed E-state index contributed by atoms with van der Waals surface area (Å²) < 4.78 is 11.1. The highest BCUT2D eigenvalue weighted by atomic mass is 16.5. The van der Waals surface area contributed by atoms with E-state index >= 15 is 0 Å². The molecule has 0 aliphatic carbocycles. The summed E-state index contributed by atoms with van der Waals surface area (Å²) in [5.41, 5.74) is 1.65. The highest BCUT2D eigenvalue weighted by molar-refractivity contribution is 5.95. The van der Waals surface area contributed by atoms with Crippen LogP contribution in [0.1, 0.15) is 18.9 Å². The van der Waals surface area contributed by atoms with E-state index in [9.17, 15) is 4.79 Å². The Hall–Kier alpha value is -2.49. The highest BCUT2D eigenvalue weighted by Crippen LogP contribution is 2.24. The predicted octanol–water partition coefficient (Wildman–Crippen LogP) is 3.80. The highest BCUT2D eigenvalue weighted by Gasteiger charge is 2.20. The number of hydrogen-bond acceptors (Lipinski definition) is 3. The van der Waals surface area contributed by atoms with Crippen LogP contribution in [0, 0.1) is 6.92 Å². The number of nitrogens with one attached hydrogen (secondary N) is 1. The van der Waals surface area contributed by atoms with E-state index in [2.05, 4.69) is 5.32 Å². The van der Waals surface area contributed by atoms with Crippen LogP contribution < -0.4 is 14.8 Å². The van der Waals surface area contributed by atoms with Crippen molar-refractivity contribution in [2.24, 2.45) is 0 Å². The molecule has 0 bridgehead atoms. The van der Waals surface area contributed by atoms with Crippen LogP contribution in [0.3, 0.4) is 0 Å². The van der Waals surface area contributed by atoms with Gasteiger partial charge < -0.3 is 14.8 Å². The Balaban J connectivity index is 2.11. The largest absolute Gasteiger partial charge is 0.495 e. The molecule has 2 aromatic carbocycles. The maximum Gasteiger partial charge on any atom is 0.265 e. The number of anilines is 1. The van der Waals surface area contributed by atoms with Crippen molar-refractivity contribution in [2.45, 2.75) is 26.4 Å². The van der Waals surface area contributed by atoms with E-state index in [0.29, 0.717) is 17.9 Å². The number of ether oxygens (including phenoxy) is 2. The molecule has 0 radical (unpaired) electrons. The molecule has 2 aromatic rings. The van der Waals surface area contributed by atoms with Gasteiger partial charge in [0, 0.05) is 0 Å². The van der Waals surface area contributed by atoms with Gasteiger partial charge in [-0.05, 0) is 37.1 Å². The van der Waals surface area contributed by atoms with Gasteiger partial charge >= 0.3 is 0 Å². The number of rotatable bonds is 6. The first kappa shape index (κ1) is 15.9. The molecule has 22 heavy (non-hydrogen) atoms. The topological polar surface area (TPSA) is 47.6 Å². The molecule has 0 aliphatic rings. The number of benzene rings is 2. The first-order chi connectivity index (χ1) is 10.7. The number of methoxy groups -OCH3 is 1. The normalized spacial score (nSPS) is 11.6. The van der Waals surface area contributed by atoms with Crippen molar-refractivity contribution in [3.05, 3.63) is 54.1 Å². The van der Waals surface area contributed by atoms with Crippen molar-refractivity contribution in [3.8, 4) is 11.5 Å². The van der Waals surface area contributed by atoms with Crippen molar-refractivity contribution in [2.75, 3.05) is 12.4 Å². The molecule has 1 amide bonds. The second kappa shape index (κ2) is 7.50. The average molecular weight is 299 g/mol. The molecule has 1 unspecified atom stereocenters. The molecule has 0 spiro atoms. The lowest BCUT2D eigenvalue weighted by Crippen LogP contribution is -2.32. The fourth-order valence-corrected chi connectivity index (χ4v) is 2.13. The fourth-order valence-electron chi connectivity index (χ4n) is 2.13. The maximum absolute atomic E-state index is 12.4. The number of carbonyl (C=O) groups excluding carboxylic acids is 1. The molecule has 4 nitrogen and oxygen atoms in total. The molecular weight excluding hydrogens is 278 g/mol. The van der Waals surface area contributed by atoms with Gasteiger partial charge in [0.05, 0.1) is 12.8 Å². The zero-order chi connectivity index (χ0) is 15.9. The monoisotopic (exact) mass is 299 g/mol. The van der Waals surface area contributed by atoms with Gasteiger partial charge in [-0.1, -0.05) is 37.3 Å². The standard InChI is InChI=1S/C18H21NO3/c1-4-15(22-16-11-7-5-9-13(16)2)18(20)19-14-10-6-8-12-17(14)21-3/h5-12,15H,4H2,1-3H3,(H,19,20). The predicted molar refractivity (Wildman–Crippen MR) is 87.5 cm³/mol. The minimum absolute atomic E-state index is 0.185. The van der Waals surface area contributed by atoms with Crippen molar-refractivity contribution >= 4 is 11.6 Å². The third-order valence-electron chi connectivity index (χ3n) is 3.39. The van der Waals surface area contributed by atoms with Crippen LogP contribution in [0.4, 0.5) is 5.69 Å². The van der Waals surface area contributed by atoms with Crippen LogP contribution in [0.15, 0.2) is 48.5 Å². The van der Waals surface area contributed by atoms with E-state index in [0.717, 1.165) is 11.3 Å². The summed E-state index contributed by atoms with van der Waals surface area (Å²) in [5.74, 6) is 1.17. The van der Waals surface area contributed by atoms with Crippen molar-refractivity contribution < 1.29 is 14.3 Å². The van der Waals surface area contributed by atoms with Crippen molar-refractivity contribution in [1.82, 2.24) is 0 Å². The fraction of sp³-hybridized carbons (Fsp3) is 0.278. The molecule has 0 saturated heterocycles. The van der Waals surface area contributed by atoms with Gasteiger partial charge in [-0.25, -0.2) is 0 Å². The Morgan fingerprint density at radius 1 is 1.09 bits per heavy atom. The Morgan fingerprint density at radius 3 is 2.36 bits per heavy atom. The van der Waals surface area contributed by atoms with E-state index in [1.54, 1.807) is 19.2 Å². The third-order valence-corrected chi connectivity index (χ3v) is 3.39. The van der Waals surface area contributed by atoms with E-state index in [1.807, 2.05) is 50.2 Å². The molecule has 1 N–H and O–H groups in total. The first-order valence-corrected chi connectivity index (χ1v) is 7.32. The molecule has 2 rings (SSSR count). The Morgan fingerprint density at radius 2 is 1.73 bits per heavy atom. The number of hydrogen-bond donors (Lipinski definition) is 1. The maximum atomic E-state index is 12.4. The molecule has 4 heteroatoms. The van der Waals surface area contributed by atoms with Crippen LogP contribution in [-0.4, -0.2) is 19.1 Å². The zero-order valence-electron chi connectivity index (χ0n) is 13.1. The summed E-state index contributed by atoms with van der Waals surface area (Å²) in [6.07, 6.45) is 0.0287. The molecule has 0 aliphatic heterocycles. The van der Waals surface area contributed by atoms with Crippen molar-refractivity contribution in [1.29, 1.82) is 0 Å². The summed E-state index contributed by atoms with van der Waals surface area (Å²) >= 11 is 0. The number of carbonyl (C=O) groups is 1. The lowest BCUT2D eigenvalue weighted by atomic mass is 10.2. The number of aryl methyl sites for hydroxylation is 1. The molecule has 1 atom stereocenters. The molecule has 0 fully saturated rings. The second-order valence-corrected chi connectivity index (χ2v) is 4.97. The minimum atomic E-state index is -0.550. The zero-order valence-corrected chi connectivity index (χ0v) is 13.1. The molecular formula is C18H21NO3. The number of amides is 1. The smallest absolute Gasteiger partial charge is 0.265 e. The summed E-state index contributed by atoms with van der Waals surface area (Å²) in [4.78, 5) is 12.4. The quantitative estimate of drug-likeness (QED) is 0.882. The number of para-hydroxylation sites is 3. The summed E-state index contributed by atoms with van der Waals surface area (Å²) in [5, 5.41) is 2.86. The van der Waals surface area contributed by atoms with Gasteiger partial charge in [-0.15, -0.1) is 0 Å². The van der Waals surface area contributed by atoms with Crippen LogP contribution in [0.2, 0.25) is 0 Å². The van der Waals surface area contributed by atoms with Gasteiger partial charge in [0.25, 0.3) is 5.91 Å². The SMILES string of the molecule is CCC(Oc1ccccc1C)C(=O)Nc1ccccc1OC. The average Bonchev–Trinajstić information content (AvgIpc) is 2.54. The van der Waals surface area contributed by atoms with E-state index in [4.69, 9.17) is 9.47 Å². The van der Waals surface area contributed by atoms with E-state index < -0.39 is 6.10 Å². The summed E-state index contributed by atoms with van der Waals surface area (Å²) in [7, 11) is 1.58. The Bertz CT molecular complexity index is 640. The van der Waals surface area contributed by atoms with Crippen LogP contribution >= 0.6 is 0 Å². The molecule has 0 saturated carbocycles. The minimum Gasteiger partial charge on any atom is -0.495 e. The second-order valence-electron chi connectivity index (χ2n) is 4.97. The third kappa shape index (κ3) is 3.79. The van der Waals surface area contributed by atoms with E-state index in [-0.39, 0.29) is 5.91 Å². The van der Waals surface area contributed by atoms with Crippen molar-refractivity contribution in [3.63, 3.8) is 0 Å². The van der Waals surface area contributed by atoms with Gasteiger partial charge in [-0.3, -0.25) is 4.79 Å². The molecule has 0 aromatic heterocycles. The summed E-state index contributed by atoms with van der Waals surface area (Å²) in [6, 6.07) is 15.0. The van der Waals surface area contributed by atoms with Crippen LogP contribution in [-0.2, 0) is 4.79 Å². The lowest BCUT2D eigenvalue weighted by Gasteiger charge is -2.19. The molecule has 0 heterocycles. The first-order valence-electron chi connectivity index (χ1n) is 7.32. The van der Waals surface area contributed by atoms with E-state index in [1.165, 1.54) is 0 Å². The molecule has 116 valence electrons. The van der Waals surface area contributed by atoms with Crippen LogP contribution in [0.5, 0.6) is 11.5 Å². The van der Waals surface area contributed by atoms with Gasteiger partial charge in [0.15, 0.2) is 6.10 Å². The Kier molecular flexibility index (Phi) is 5.42.